The molecule has 3 unspecified atom stereocenters. The zero-order valence-electron chi connectivity index (χ0n) is 16.3. The molecule has 1 aromatic rings. The quantitative estimate of drug-likeness (QED) is 0.779. The number of nitrogens with two attached hydrogens (primary N) is 1. The fourth-order valence-electron chi connectivity index (χ4n) is 6.39. The molecule has 1 aromatic carbocycles. The van der Waals surface area contributed by atoms with Crippen molar-refractivity contribution in [1.82, 2.24) is 0 Å². The van der Waals surface area contributed by atoms with Gasteiger partial charge in [-0.05, 0) is 98.8 Å². The first-order valence-electron chi connectivity index (χ1n) is 10.2. The van der Waals surface area contributed by atoms with Gasteiger partial charge in [0.1, 0.15) is 5.75 Å². The number of carbonyl (C=O) groups is 1. The van der Waals surface area contributed by atoms with E-state index in [0.29, 0.717) is 29.3 Å². The third-order valence-corrected chi connectivity index (χ3v) is 7.59. The number of benzene rings is 1. The molecule has 4 atom stereocenters. The molecule has 3 heteroatoms. The number of primary amides is 1. The van der Waals surface area contributed by atoms with Gasteiger partial charge in [0.15, 0.2) is 0 Å². The van der Waals surface area contributed by atoms with Crippen molar-refractivity contribution < 1.29 is 9.53 Å². The fourth-order valence-corrected chi connectivity index (χ4v) is 6.39. The molecule has 2 N–H and O–H groups in total. The zero-order valence-corrected chi connectivity index (χ0v) is 16.3. The molecular weight excluding hydrogens is 322 g/mol. The number of hydrogen-bond donors (Lipinski definition) is 1. The Hall–Kier alpha value is -1.77. The van der Waals surface area contributed by atoms with Crippen LogP contribution in [-0.4, -0.2) is 12.5 Å². The zero-order chi connectivity index (χ0) is 18.5. The minimum Gasteiger partial charge on any atom is -0.493 e. The summed E-state index contributed by atoms with van der Waals surface area (Å²) in [4.78, 5) is 11.9. The van der Waals surface area contributed by atoms with E-state index in [2.05, 4.69) is 26.0 Å². The first-order valence-corrected chi connectivity index (χ1v) is 10.2. The van der Waals surface area contributed by atoms with Crippen LogP contribution in [0.1, 0.15) is 80.3 Å². The molecule has 0 radical (unpaired) electrons. The average Bonchev–Trinajstić information content (AvgIpc) is 2.97. The van der Waals surface area contributed by atoms with Crippen molar-refractivity contribution in [3.63, 3.8) is 0 Å². The van der Waals surface area contributed by atoms with E-state index in [-0.39, 0.29) is 5.91 Å². The molecule has 4 rings (SSSR count). The summed E-state index contributed by atoms with van der Waals surface area (Å²) in [6.07, 6.45) is 9.80. The molecule has 0 spiro atoms. The first kappa shape index (κ1) is 17.6. The molecule has 3 aliphatic rings. The predicted octanol–water partition coefficient (Wildman–Crippen LogP) is 4.99. The van der Waals surface area contributed by atoms with Crippen LogP contribution < -0.4 is 10.5 Å². The highest BCUT2D eigenvalue weighted by molar-refractivity contribution is 5.96. The van der Waals surface area contributed by atoms with Gasteiger partial charge in [-0.15, -0.1) is 0 Å². The smallest absolute Gasteiger partial charge is 0.252 e. The molecule has 26 heavy (non-hydrogen) atoms. The monoisotopic (exact) mass is 353 g/mol. The van der Waals surface area contributed by atoms with Gasteiger partial charge < -0.3 is 10.5 Å². The largest absolute Gasteiger partial charge is 0.493 e. The van der Waals surface area contributed by atoms with E-state index in [4.69, 9.17) is 10.5 Å². The van der Waals surface area contributed by atoms with Gasteiger partial charge in [-0.1, -0.05) is 18.6 Å². The molecule has 0 bridgehead atoms. The topological polar surface area (TPSA) is 52.3 Å². The molecule has 3 nitrogen and oxygen atoms in total. The second kappa shape index (κ2) is 6.44. The lowest BCUT2D eigenvalue weighted by atomic mass is 9.55. The van der Waals surface area contributed by atoms with Crippen LogP contribution in [0.3, 0.4) is 0 Å². The van der Waals surface area contributed by atoms with Crippen molar-refractivity contribution in [1.29, 1.82) is 0 Å². The van der Waals surface area contributed by atoms with Crippen molar-refractivity contribution >= 4 is 5.91 Å². The number of hydrogen-bond acceptors (Lipinski definition) is 2. The van der Waals surface area contributed by atoms with Crippen LogP contribution in [0, 0.1) is 17.3 Å². The average molecular weight is 354 g/mol. The normalized spacial score (nSPS) is 34.1. The predicted molar refractivity (Wildman–Crippen MR) is 105 cm³/mol. The minimum atomic E-state index is -0.386. The lowest BCUT2D eigenvalue weighted by molar-refractivity contribution is 0.0811. The van der Waals surface area contributed by atoms with Crippen LogP contribution in [-0.2, 0) is 6.42 Å². The number of amides is 1. The summed E-state index contributed by atoms with van der Waals surface area (Å²) in [5, 5.41) is 0. The van der Waals surface area contributed by atoms with Gasteiger partial charge in [0, 0.05) is 0 Å². The number of rotatable bonds is 3. The number of allylic oxidation sites excluding steroid dienone is 2. The Balaban J connectivity index is 1.73. The Morgan fingerprint density at radius 2 is 2.12 bits per heavy atom. The van der Waals surface area contributed by atoms with E-state index in [0.717, 1.165) is 18.3 Å². The highest BCUT2D eigenvalue weighted by atomic mass is 16.5. The summed E-state index contributed by atoms with van der Waals surface area (Å²) in [7, 11) is 0. The number of carbonyl (C=O) groups excluding carboxylic acids is 1. The summed E-state index contributed by atoms with van der Waals surface area (Å²) < 4.78 is 5.78. The molecule has 0 heterocycles. The van der Waals surface area contributed by atoms with E-state index in [1.54, 1.807) is 5.57 Å². The maximum atomic E-state index is 11.9. The molecule has 3 aliphatic carbocycles. The van der Waals surface area contributed by atoms with Gasteiger partial charge in [0.2, 0.25) is 0 Å². The van der Waals surface area contributed by atoms with Crippen LogP contribution in [0.4, 0.5) is 0 Å². The van der Waals surface area contributed by atoms with E-state index < -0.39 is 0 Å². The highest BCUT2D eigenvalue weighted by Gasteiger charge is 2.52. The molecule has 0 aliphatic heterocycles. The van der Waals surface area contributed by atoms with Gasteiger partial charge in [0.25, 0.3) is 5.91 Å². The summed E-state index contributed by atoms with van der Waals surface area (Å²) in [5.41, 5.74) is 11.0. The Bertz CT molecular complexity index is 766. The molecule has 140 valence electrons. The van der Waals surface area contributed by atoms with E-state index in [1.165, 1.54) is 43.2 Å². The molecular formula is C23H31NO2. The van der Waals surface area contributed by atoms with E-state index >= 15 is 0 Å². The summed E-state index contributed by atoms with van der Waals surface area (Å²) in [6.45, 7) is 7.23. The van der Waals surface area contributed by atoms with Gasteiger partial charge >= 0.3 is 0 Å². The van der Waals surface area contributed by atoms with E-state index in [9.17, 15) is 4.79 Å². The second-order valence-electron chi connectivity index (χ2n) is 8.57. The van der Waals surface area contributed by atoms with Crippen molar-refractivity contribution in [3.8, 4) is 5.75 Å². The lowest BCUT2D eigenvalue weighted by Gasteiger charge is -2.49. The van der Waals surface area contributed by atoms with Gasteiger partial charge in [-0.25, -0.2) is 0 Å². The maximum Gasteiger partial charge on any atom is 0.252 e. The Kier molecular flexibility index (Phi) is 4.37. The lowest BCUT2D eigenvalue weighted by Crippen LogP contribution is -2.40. The summed E-state index contributed by atoms with van der Waals surface area (Å²) in [6, 6.07) is 4.16. The Morgan fingerprint density at radius 3 is 2.81 bits per heavy atom. The van der Waals surface area contributed by atoms with Crippen molar-refractivity contribution in [2.45, 2.75) is 65.2 Å². The van der Waals surface area contributed by atoms with Crippen LogP contribution in [0.5, 0.6) is 5.75 Å². The van der Waals surface area contributed by atoms with Crippen LogP contribution in [0.25, 0.3) is 0 Å². The van der Waals surface area contributed by atoms with Crippen molar-refractivity contribution in [2.24, 2.45) is 23.0 Å². The molecule has 0 aromatic heterocycles. The van der Waals surface area contributed by atoms with Gasteiger partial charge in [-0.2, -0.15) is 0 Å². The SMILES string of the molecule is CC=C1CCC2C3CCc4cc(C(N)=O)c(OCC)cc4C3CC[C@]12C. The highest BCUT2D eigenvalue weighted by Crippen LogP contribution is 2.62. The third-order valence-electron chi connectivity index (χ3n) is 7.59. The Morgan fingerprint density at radius 1 is 1.31 bits per heavy atom. The molecule has 0 saturated heterocycles. The van der Waals surface area contributed by atoms with E-state index in [1.807, 2.05) is 13.0 Å². The minimum absolute atomic E-state index is 0.386. The molecule has 2 saturated carbocycles. The molecule has 1 amide bonds. The summed E-state index contributed by atoms with van der Waals surface area (Å²) >= 11 is 0. The van der Waals surface area contributed by atoms with Crippen LogP contribution >= 0.6 is 0 Å². The first-order chi connectivity index (χ1) is 12.5. The number of aryl methyl sites for hydroxylation is 1. The number of ether oxygens (including phenoxy) is 1. The Labute approximate surface area is 157 Å². The van der Waals surface area contributed by atoms with Gasteiger partial charge in [0.05, 0.1) is 12.2 Å². The van der Waals surface area contributed by atoms with Crippen molar-refractivity contribution in [3.05, 3.63) is 40.5 Å². The van der Waals surface area contributed by atoms with Crippen molar-refractivity contribution in [2.75, 3.05) is 6.61 Å². The fraction of sp³-hybridized carbons (Fsp3) is 0.609. The molecule has 2 fully saturated rings. The van der Waals surface area contributed by atoms with Crippen LogP contribution in [0.2, 0.25) is 0 Å². The third kappa shape index (κ3) is 2.51. The second-order valence-corrected chi connectivity index (χ2v) is 8.57. The number of fused-ring (bicyclic) bond motifs is 5. The van der Waals surface area contributed by atoms with Crippen LogP contribution in [0.15, 0.2) is 23.8 Å². The maximum absolute atomic E-state index is 11.9. The van der Waals surface area contributed by atoms with Gasteiger partial charge in [-0.3, -0.25) is 4.79 Å². The standard InChI is InChI=1S/C23H31NO2/c1-4-15-7-9-20-17-8-6-14-12-19(22(24)25)21(26-5-2)13-18(14)16(17)10-11-23(15,20)3/h4,12-13,16-17,20H,5-11H2,1-3H3,(H2,24,25)/t16?,17?,20?,23-/m1/s1. The summed E-state index contributed by atoms with van der Waals surface area (Å²) in [5.74, 6) is 2.45.